The topological polar surface area (TPSA) is 267 Å². The Balaban J connectivity index is 2.13. The number of hydrogen-bond donors (Lipinski definition) is 9. The van der Waals surface area contributed by atoms with Crippen LogP contribution in [0.3, 0.4) is 0 Å². The number of aromatic amines is 1. The molecule has 15 nitrogen and oxygen atoms in total. The minimum Gasteiger partial charge on any atom is -0.481 e. The Kier molecular flexibility index (Phi) is 10.1. The molecule has 200 valence electrons. The van der Waals surface area contributed by atoms with Crippen LogP contribution < -0.4 is 27.4 Å². The lowest BCUT2D eigenvalue weighted by atomic mass is 10.0. The molecule has 4 unspecified atom stereocenters. The molecule has 1 aromatic heterocycles. The van der Waals surface area contributed by atoms with Crippen molar-refractivity contribution in [2.45, 2.75) is 43.4 Å². The quantitative estimate of drug-likeness (QED) is 0.121. The SMILES string of the molecule is NC(=O)CC(N)C(=O)NC(CO)C(=O)NC(CC(=O)O)C(=O)NC(Cc1c[nH]c2ccccc12)C(=O)O. The van der Waals surface area contributed by atoms with E-state index >= 15 is 0 Å². The molecule has 0 aliphatic carbocycles. The van der Waals surface area contributed by atoms with Crippen LogP contribution in [0.1, 0.15) is 18.4 Å². The monoisotopic (exact) mass is 520 g/mol. The zero-order valence-electron chi connectivity index (χ0n) is 19.5. The molecule has 1 heterocycles. The number of benzene rings is 1. The van der Waals surface area contributed by atoms with E-state index in [0.29, 0.717) is 5.56 Å². The van der Waals surface area contributed by atoms with Crippen LogP contribution in [0.15, 0.2) is 30.5 Å². The number of nitrogens with one attached hydrogen (secondary N) is 4. The lowest BCUT2D eigenvalue weighted by molar-refractivity contribution is -0.143. The Morgan fingerprint density at radius 2 is 1.46 bits per heavy atom. The second-order valence-electron chi connectivity index (χ2n) is 8.14. The van der Waals surface area contributed by atoms with E-state index < -0.39 is 79.2 Å². The average molecular weight is 520 g/mol. The molecule has 0 saturated carbocycles. The molecule has 1 aromatic carbocycles. The maximum atomic E-state index is 12.8. The first-order valence-corrected chi connectivity index (χ1v) is 11.0. The van der Waals surface area contributed by atoms with E-state index in [1.54, 1.807) is 30.5 Å². The Hall–Kier alpha value is -4.50. The third-order valence-electron chi connectivity index (χ3n) is 5.30. The summed E-state index contributed by atoms with van der Waals surface area (Å²) < 4.78 is 0. The van der Waals surface area contributed by atoms with Crippen molar-refractivity contribution in [2.75, 3.05) is 6.61 Å². The molecule has 0 aliphatic rings. The Bertz CT molecular complexity index is 1180. The van der Waals surface area contributed by atoms with Crippen LogP contribution in [0.25, 0.3) is 10.9 Å². The minimum absolute atomic E-state index is 0.147. The molecule has 37 heavy (non-hydrogen) atoms. The first kappa shape index (κ1) is 28.7. The van der Waals surface area contributed by atoms with Gasteiger partial charge in [0.25, 0.3) is 0 Å². The van der Waals surface area contributed by atoms with Gasteiger partial charge in [0, 0.05) is 23.5 Å². The van der Waals surface area contributed by atoms with Gasteiger partial charge in [0.05, 0.1) is 25.5 Å². The molecule has 2 rings (SSSR count). The summed E-state index contributed by atoms with van der Waals surface area (Å²) in [7, 11) is 0. The number of H-pyrrole nitrogens is 1. The van der Waals surface area contributed by atoms with Crippen LogP contribution in [0.4, 0.5) is 0 Å². The van der Waals surface area contributed by atoms with Crippen LogP contribution >= 0.6 is 0 Å². The summed E-state index contributed by atoms with van der Waals surface area (Å²) in [5.41, 5.74) is 11.8. The number of para-hydroxylation sites is 1. The number of amides is 4. The molecule has 2 aromatic rings. The highest BCUT2D eigenvalue weighted by atomic mass is 16.4. The summed E-state index contributed by atoms with van der Waals surface area (Å²) in [6, 6.07) is 0.780. The zero-order valence-corrected chi connectivity index (χ0v) is 19.5. The van der Waals surface area contributed by atoms with Gasteiger partial charge in [-0.2, -0.15) is 0 Å². The van der Waals surface area contributed by atoms with Gasteiger partial charge < -0.3 is 47.7 Å². The van der Waals surface area contributed by atoms with E-state index in [1.165, 1.54) is 0 Å². The van der Waals surface area contributed by atoms with Crippen molar-refractivity contribution in [1.82, 2.24) is 20.9 Å². The number of carboxylic acid groups (broad SMARTS) is 2. The van der Waals surface area contributed by atoms with Gasteiger partial charge in [-0.3, -0.25) is 24.0 Å². The summed E-state index contributed by atoms with van der Waals surface area (Å²) in [6.45, 7) is -0.958. The lowest BCUT2D eigenvalue weighted by Crippen LogP contribution is -2.58. The number of aromatic nitrogens is 1. The van der Waals surface area contributed by atoms with Gasteiger partial charge in [-0.25, -0.2) is 4.79 Å². The molecule has 11 N–H and O–H groups in total. The molecule has 0 aliphatic heterocycles. The van der Waals surface area contributed by atoms with E-state index in [1.807, 2.05) is 0 Å². The molecular formula is C22H28N6O9. The highest BCUT2D eigenvalue weighted by Crippen LogP contribution is 2.19. The first-order chi connectivity index (χ1) is 17.4. The van der Waals surface area contributed by atoms with E-state index in [2.05, 4.69) is 20.9 Å². The van der Waals surface area contributed by atoms with Gasteiger partial charge in [0.2, 0.25) is 23.6 Å². The fourth-order valence-electron chi connectivity index (χ4n) is 3.43. The summed E-state index contributed by atoms with van der Waals surface area (Å²) in [5, 5.41) is 35.4. The molecule has 0 spiro atoms. The number of carboxylic acids is 2. The van der Waals surface area contributed by atoms with Crippen molar-refractivity contribution in [3.63, 3.8) is 0 Å². The maximum absolute atomic E-state index is 12.8. The predicted molar refractivity (Wildman–Crippen MR) is 127 cm³/mol. The molecule has 4 amide bonds. The average Bonchev–Trinajstić information content (AvgIpc) is 3.23. The molecular weight excluding hydrogens is 492 g/mol. The van der Waals surface area contributed by atoms with Crippen LogP contribution in [0.5, 0.6) is 0 Å². The third-order valence-corrected chi connectivity index (χ3v) is 5.30. The molecule has 0 radical (unpaired) electrons. The highest BCUT2D eigenvalue weighted by molar-refractivity contribution is 5.96. The molecule has 0 saturated heterocycles. The van der Waals surface area contributed by atoms with Crippen LogP contribution in [-0.2, 0) is 35.2 Å². The molecule has 0 fully saturated rings. The van der Waals surface area contributed by atoms with Crippen molar-refractivity contribution in [3.8, 4) is 0 Å². The zero-order chi connectivity index (χ0) is 27.7. The largest absolute Gasteiger partial charge is 0.481 e. The minimum atomic E-state index is -1.75. The number of aliphatic hydroxyl groups excluding tert-OH is 1. The Labute approximate surface area is 209 Å². The second-order valence-corrected chi connectivity index (χ2v) is 8.14. The Morgan fingerprint density at radius 3 is 2.05 bits per heavy atom. The van der Waals surface area contributed by atoms with Crippen LogP contribution in [0, 0.1) is 0 Å². The van der Waals surface area contributed by atoms with Crippen molar-refractivity contribution in [2.24, 2.45) is 11.5 Å². The molecule has 0 bridgehead atoms. The van der Waals surface area contributed by atoms with E-state index in [-0.39, 0.29) is 6.42 Å². The first-order valence-electron chi connectivity index (χ1n) is 11.0. The van der Waals surface area contributed by atoms with Gasteiger partial charge >= 0.3 is 11.9 Å². The number of carbonyl (C=O) groups excluding carboxylic acids is 4. The summed E-state index contributed by atoms with van der Waals surface area (Å²) in [5.74, 6) is -7.04. The van der Waals surface area contributed by atoms with Crippen molar-refractivity contribution < 1.29 is 44.1 Å². The van der Waals surface area contributed by atoms with Crippen molar-refractivity contribution >= 4 is 46.5 Å². The number of hydrogen-bond acceptors (Lipinski definition) is 8. The second kappa shape index (κ2) is 13.0. The standard InChI is InChI=1S/C22H28N6O9/c23-12(6-17(24)30)19(33)28-16(9-29)21(35)26-14(7-18(31)32)20(34)27-15(22(36)37)5-10-8-25-13-4-2-1-3-11(10)13/h1-4,8,12,14-16,25,29H,5-7,9,23H2,(H2,24,30)(H,26,35)(H,27,34)(H,28,33)(H,31,32)(H,36,37). The number of rotatable bonds is 14. The summed E-state index contributed by atoms with van der Waals surface area (Å²) in [6.07, 6.45) is -0.0282. The number of primary amides is 1. The normalized spacial score (nSPS) is 14.1. The number of fused-ring (bicyclic) bond motifs is 1. The maximum Gasteiger partial charge on any atom is 0.326 e. The van der Waals surface area contributed by atoms with Gasteiger partial charge in [-0.1, -0.05) is 18.2 Å². The van der Waals surface area contributed by atoms with Crippen molar-refractivity contribution in [1.29, 1.82) is 0 Å². The van der Waals surface area contributed by atoms with Gasteiger partial charge in [-0.05, 0) is 11.6 Å². The van der Waals surface area contributed by atoms with Gasteiger partial charge in [0.1, 0.15) is 18.1 Å². The molecule has 4 atom stereocenters. The third kappa shape index (κ3) is 8.29. The fourth-order valence-corrected chi connectivity index (χ4v) is 3.43. The predicted octanol–water partition coefficient (Wildman–Crippen LogP) is -3.08. The smallest absolute Gasteiger partial charge is 0.326 e. The lowest BCUT2D eigenvalue weighted by Gasteiger charge is -2.23. The number of aliphatic hydroxyl groups is 1. The highest BCUT2D eigenvalue weighted by Gasteiger charge is 2.32. The summed E-state index contributed by atoms with van der Waals surface area (Å²) in [4.78, 5) is 74.4. The fraction of sp³-hybridized carbons (Fsp3) is 0.364. The number of aliphatic carboxylic acids is 2. The number of carbonyl (C=O) groups is 6. The number of nitrogens with two attached hydrogens (primary N) is 2. The summed E-state index contributed by atoms with van der Waals surface area (Å²) >= 11 is 0. The van der Waals surface area contributed by atoms with E-state index in [4.69, 9.17) is 11.5 Å². The Morgan fingerprint density at radius 1 is 0.865 bits per heavy atom. The van der Waals surface area contributed by atoms with Gasteiger partial charge in [-0.15, -0.1) is 0 Å². The van der Waals surface area contributed by atoms with Gasteiger partial charge in [0.15, 0.2) is 0 Å². The molecule has 15 heteroatoms. The van der Waals surface area contributed by atoms with Crippen LogP contribution in [-0.4, -0.2) is 86.6 Å². The van der Waals surface area contributed by atoms with Crippen LogP contribution in [0.2, 0.25) is 0 Å². The van der Waals surface area contributed by atoms with Crippen molar-refractivity contribution in [3.05, 3.63) is 36.0 Å². The van der Waals surface area contributed by atoms with E-state index in [9.17, 15) is 44.1 Å². The van der Waals surface area contributed by atoms with E-state index in [0.717, 1.165) is 10.9 Å².